The van der Waals surface area contributed by atoms with Gasteiger partial charge in [0, 0.05) is 24.4 Å². The summed E-state index contributed by atoms with van der Waals surface area (Å²) in [6.45, 7) is 6.29. The predicted molar refractivity (Wildman–Crippen MR) is 133 cm³/mol. The molecule has 0 aliphatic carbocycles. The van der Waals surface area contributed by atoms with Crippen LogP contribution in [0, 0.1) is 10.1 Å². The van der Waals surface area contributed by atoms with Crippen molar-refractivity contribution in [2.45, 2.75) is 155 Å². The van der Waals surface area contributed by atoms with Gasteiger partial charge in [-0.05, 0) is 19.3 Å². The van der Waals surface area contributed by atoms with Gasteiger partial charge in [0.2, 0.25) is 5.54 Å². The molecule has 0 aromatic rings. The summed E-state index contributed by atoms with van der Waals surface area (Å²) in [6, 6.07) is 0. The van der Waals surface area contributed by atoms with E-state index in [-0.39, 0.29) is 11.5 Å². The minimum Gasteiger partial charge on any atom is -0.396 e. The van der Waals surface area contributed by atoms with Crippen LogP contribution in [-0.4, -0.2) is 33.9 Å². The monoisotopic (exact) mass is 445 g/mol. The molecule has 5 nitrogen and oxygen atoms in total. The summed E-state index contributed by atoms with van der Waals surface area (Å²) in [5, 5.41) is 28.7. The fraction of sp³-hybridized carbons (Fsp3) is 1.00. The first kappa shape index (κ1) is 32.5. The fourth-order valence-electron chi connectivity index (χ4n) is 4.00. The van der Waals surface area contributed by atoms with E-state index in [9.17, 15) is 10.1 Å². The normalized spacial score (nSPS) is 12.8. The molecule has 0 aliphatic rings. The zero-order valence-corrected chi connectivity index (χ0v) is 21.2. The Hall–Kier alpha value is -0.680. The highest BCUT2D eigenvalue weighted by atomic mass is 16.6. The number of unbranched alkanes of at least 4 members (excludes halogenated alkanes) is 15. The summed E-state index contributed by atoms with van der Waals surface area (Å²) in [6.07, 6.45) is 23.8. The molecule has 0 spiro atoms. The Bertz CT molecular complexity index is 351. The minimum atomic E-state index is -1.08. The van der Waals surface area contributed by atoms with E-state index in [2.05, 4.69) is 13.8 Å². The average Bonchev–Trinajstić information content (AvgIpc) is 2.77. The summed E-state index contributed by atoms with van der Waals surface area (Å²) in [5.74, 6) is 0. The maximum Gasteiger partial charge on any atom is 0.244 e. The van der Waals surface area contributed by atoms with Crippen LogP contribution in [0.5, 0.6) is 0 Å². The summed E-state index contributed by atoms with van der Waals surface area (Å²) in [7, 11) is 0. The van der Waals surface area contributed by atoms with Crippen molar-refractivity contribution in [2.75, 3.05) is 13.2 Å². The molecule has 0 aliphatic heterocycles. The van der Waals surface area contributed by atoms with Crippen molar-refractivity contribution in [3.05, 3.63) is 10.1 Å². The van der Waals surface area contributed by atoms with Crippen molar-refractivity contribution < 1.29 is 15.1 Å². The molecule has 0 bridgehead atoms. The third-order valence-electron chi connectivity index (χ3n) is 6.15. The molecule has 0 saturated heterocycles. The number of nitrogens with zero attached hydrogens (tertiary/aromatic N) is 1. The van der Waals surface area contributed by atoms with Crippen LogP contribution >= 0.6 is 0 Å². The van der Waals surface area contributed by atoms with Gasteiger partial charge in [-0.15, -0.1) is 0 Å². The third kappa shape index (κ3) is 20.9. The topological polar surface area (TPSA) is 83.6 Å². The van der Waals surface area contributed by atoms with Crippen LogP contribution < -0.4 is 0 Å². The van der Waals surface area contributed by atoms with Crippen LogP contribution in [0.15, 0.2) is 0 Å². The van der Waals surface area contributed by atoms with Crippen molar-refractivity contribution >= 4 is 0 Å². The first-order chi connectivity index (χ1) is 15.0. The molecule has 1 unspecified atom stereocenters. The zero-order chi connectivity index (χ0) is 23.6. The van der Waals surface area contributed by atoms with E-state index in [0.717, 1.165) is 32.1 Å². The van der Waals surface area contributed by atoms with Crippen LogP contribution in [0.3, 0.4) is 0 Å². The van der Waals surface area contributed by atoms with Crippen molar-refractivity contribution in [1.82, 2.24) is 0 Å². The standard InChI is InChI=1S/C16H34O.C10H21NO3/c1-2-3-4-5-6-7-8-9-10-11-12-13-14-15-16-17;1-3-5-6-8-10(9-12,7-4-2)11(13)14/h17H,2-16H2,1H3;12H,3-9H2,1-2H3. The van der Waals surface area contributed by atoms with Gasteiger partial charge in [0.05, 0.1) is 0 Å². The van der Waals surface area contributed by atoms with E-state index in [1.165, 1.54) is 83.5 Å². The second-order valence-corrected chi connectivity index (χ2v) is 9.17. The van der Waals surface area contributed by atoms with Gasteiger partial charge in [-0.25, -0.2) is 0 Å². The molecule has 1 atom stereocenters. The number of rotatable bonds is 22. The largest absolute Gasteiger partial charge is 0.396 e. The Labute approximate surface area is 193 Å². The molecule has 188 valence electrons. The molecular formula is C26H55NO4. The van der Waals surface area contributed by atoms with Crippen LogP contribution in [0.1, 0.15) is 149 Å². The lowest BCUT2D eigenvalue weighted by atomic mass is 9.89. The highest BCUT2D eigenvalue weighted by Gasteiger charge is 2.40. The second-order valence-electron chi connectivity index (χ2n) is 9.17. The van der Waals surface area contributed by atoms with Gasteiger partial charge in [0.15, 0.2) is 0 Å². The highest BCUT2D eigenvalue weighted by Crippen LogP contribution is 2.24. The van der Waals surface area contributed by atoms with Gasteiger partial charge >= 0.3 is 0 Å². The number of hydrogen-bond donors (Lipinski definition) is 2. The molecule has 0 aromatic carbocycles. The lowest BCUT2D eigenvalue weighted by molar-refractivity contribution is -0.576. The van der Waals surface area contributed by atoms with Crippen LogP contribution in [0.2, 0.25) is 0 Å². The molecule has 0 amide bonds. The molecule has 5 heteroatoms. The minimum absolute atomic E-state index is 0.299. The molecular weight excluding hydrogens is 390 g/mol. The quantitative estimate of drug-likeness (QED) is 0.101. The van der Waals surface area contributed by atoms with E-state index < -0.39 is 5.54 Å². The van der Waals surface area contributed by atoms with Gasteiger partial charge in [0.1, 0.15) is 6.61 Å². The van der Waals surface area contributed by atoms with Crippen molar-refractivity contribution in [3.8, 4) is 0 Å². The molecule has 0 radical (unpaired) electrons. The SMILES string of the molecule is CCCCCC(CO)(CCC)[N+](=O)[O-].CCCCCCCCCCCCCCCCO. The highest BCUT2D eigenvalue weighted by molar-refractivity contribution is 4.78. The zero-order valence-electron chi connectivity index (χ0n) is 21.2. The summed E-state index contributed by atoms with van der Waals surface area (Å²) >= 11 is 0. The van der Waals surface area contributed by atoms with Crippen LogP contribution in [-0.2, 0) is 0 Å². The first-order valence-electron chi connectivity index (χ1n) is 13.4. The maximum absolute atomic E-state index is 10.9. The lowest BCUT2D eigenvalue weighted by Gasteiger charge is -2.22. The summed E-state index contributed by atoms with van der Waals surface area (Å²) in [5.41, 5.74) is -1.08. The van der Waals surface area contributed by atoms with Gasteiger partial charge < -0.3 is 10.2 Å². The molecule has 31 heavy (non-hydrogen) atoms. The number of aliphatic hydroxyl groups is 2. The molecule has 0 heterocycles. The second kappa shape index (κ2) is 25.6. The Morgan fingerprint density at radius 2 is 0.968 bits per heavy atom. The molecule has 0 rings (SSSR count). The predicted octanol–water partition coefficient (Wildman–Crippen LogP) is 7.83. The van der Waals surface area contributed by atoms with Crippen molar-refractivity contribution in [2.24, 2.45) is 0 Å². The number of nitro groups is 1. The Balaban J connectivity index is 0. The Morgan fingerprint density at radius 1 is 0.581 bits per heavy atom. The Kier molecular flexibility index (Phi) is 26.8. The number of hydrogen-bond acceptors (Lipinski definition) is 4. The Morgan fingerprint density at radius 3 is 1.29 bits per heavy atom. The van der Waals surface area contributed by atoms with Crippen molar-refractivity contribution in [1.29, 1.82) is 0 Å². The molecule has 0 aromatic heterocycles. The number of aliphatic hydroxyl groups excluding tert-OH is 2. The van der Waals surface area contributed by atoms with Gasteiger partial charge in [0.25, 0.3) is 0 Å². The van der Waals surface area contributed by atoms with Crippen LogP contribution in [0.25, 0.3) is 0 Å². The molecule has 0 saturated carbocycles. The van der Waals surface area contributed by atoms with Gasteiger partial charge in [-0.3, -0.25) is 10.1 Å². The summed E-state index contributed by atoms with van der Waals surface area (Å²) < 4.78 is 0. The van der Waals surface area contributed by atoms with E-state index in [4.69, 9.17) is 10.2 Å². The lowest BCUT2D eigenvalue weighted by Crippen LogP contribution is -2.42. The van der Waals surface area contributed by atoms with Crippen LogP contribution in [0.4, 0.5) is 0 Å². The fourth-order valence-corrected chi connectivity index (χ4v) is 4.00. The van der Waals surface area contributed by atoms with Gasteiger partial charge in [-0.2, -0.15) is 0 Å². The van der Waals surface area contributed by atoms with Gasteiger partial charge in [-0.1, -0.05) is 117 Å². The maximum atomic E-state index is 10.9. The first-order valence-corrected chi connectivity index (χ1v) is 13.4. The third-order valence-corrected chi connectivity index (χ3v) is 6.15. The molecule has 0 fully saturated rings. The molecule has 2 N–H and O–H groups in total. The van der Waals surface area contributed by atoms with E-state index >= 15 is 0 Å². The van der Waals surface area contributed by atoms with Crippen molar-refractivity contribution in [3.63, 3.8) is 0 Å². The van der Waals surface area contributed by atoms with E-state index in [1.54, 1.807) is 0 Å². The average molecular weight is 446 g/mol. The summed E-state index contributed by atoms with van der Waals surface area (Å²) in [4.78, 5) is 10.6. The smallest absolute Gasteiger partial charge is 0.244 e. The van der Waals surface area contributed by atoms with E-state index in [0.29, 0.717) is 19.4 Å². The van der Waals surface area contributed by atoms with E-state index in [1.807, 2.05) is 6.92 Å².